The first-order valence-corrected chi connectivity index (χ1v) is 8.34. The second-order valence-electron chi connectivity index (χ2n) is 5.87. The maximum Gasteiger partial charge on any atom is 0.0366 e. The molecule has 1 aliphatic heterocycles. The normalized spacial score (nSPS) is 14.5. The highest BCUT2D eigenvalue weighted by Crippen LogP contribution is 2.18. The van der Waals surface area contributed by atoms with Gasteiger partial charge in [0, 0.05) is 32.4 Å². The molecular formula is C20H28N2. The number of likely N-dealkylation sites (N-methyl/N-ethyl adjacent to an activating group) is 1. The van der Waals surface area contributed by atoms with E-state index in [-0.39, 0.29) is 0 Å². The Morgan fingerprint density at radius 1 is 1.05 bits per heavy atom. The fourth-order valence-corrected chi connectivity index (χ4v) is 2.61. The molecule has 1 aliphatic rings. The van der Waals surface area contributed by atoms with E-state index in [9.17, 15) is 0 Å². The van der Waals surface area contributed by atoms with Gasteiger partial charge in [-0.2, -0.15) is 0 Å². The molecule has 0 radical (unpaired) electrons. The van der Waals surface area contributed by atoms with Crippen LogP contribution in [-0.2, 0) is 0 Å². The molecule has 0 saturated carbocycles. The first-order valence-electron chi connectivity index (χ1n) is 8.34. The van der Waals surface area contributed by atoms with Gasteiger partial charge in [-0.25, -0.2) is 0 Å². The van der Waals surface area contributed by atoms with Gasteiger partial charge in [0.15, 0.2) is 0 Å². The lowest BCUT2D eigenvalue weighted by atomic mass is 10.1. The minimum Gasteiger partial charge on any atom is -0.377 e. The van der Waals surface area contributed by atoms with Crippen molar-refractivity contribution in [1.29, 1.82) is 0 Å². The number of rotatable bonds is 7. The van der Waals surface area contributed by atoms with Gasteiger partial charge >= 0.3 is 0 Å². The standard InChI is InChI=1S/C20H28N2/c1-4-14-22(15-5-2)20-10-8-18(9-11-20)6-7-19-12-16-21(3)17-13-19/h6-13,16H,4-5,14-15,17H2,1-3H3/b7-6+. The van der Waals surface area contributed by atoms with Crippen LogP contribution in [0.5, 0.6) is 0 Å². The molecule has 0 fully saturated rings. The van der Waals surface area contributed by atoms with Crippen LogP contribution >= 0.6 is 0 Å². The van der Waals surface area contributed by atoms with E-state index in [0.717, 1.165) is 19.6 Å². The van der Waals surface area contributed by atoms with Crippen molar-refractivity contribution in [3.8, 4) is 0 Å². The van der Waals surface area contributed by atoms with Crippen molar-refractivity contribution >= 4 is 11.8 Å². The zero-order chi connectivity index (χ0) is 15.8. The predicted octanol–water partition coefficient (Wildman–Crippen LogP) is 4.71. The molecule has 0 saturated heterocycles. The highest BCUT2D eigenvalue weighted by atomic mass is 15.1. The summed E-state index contributed by atoms with van der Waals surface area (Å²) in [5.41, 5.74) is 3.87. The lowest BCUT2D eigenvalue weighted by Gasteiger charge is -2.23. The fraction of sp³-hybridized carbons (Fsp3) is 0.400. The van der Waals surface area contributed by atoms with Crippen molar-refractivity contribution in [2.45, 2.75) is 26.7 Å². The number of anilines is 1. The molecule has 1 aromatic rings. The van der Waals surface area contributed by atoms with Crippen molar-refractivity contribution in [3.05, 3.63) is 59.8 Å². The number of benzene rings is 1. The van der Waals surface area contributed by atoms with E-state index in [0.29, 0.717) is 0 Å². The highest BCUT2D eigenvalue weighted by molar-refractivity contribution is 5.59. The molecule has 0 amide bonds. The van der Waals surface area contributed by atoms with Crippen molar-refractivity contribution in [1.82, 2.24) is 4.90 Å². The molecule has 0 unspecified atom stereocenters. The molecule has 0 aliphatic carbocycles. The lowest BCUT2D eigenvalue weighted by molar-refractivity contribution is 0.503. The number of nitrogens with zero attached hydrogens (tertiary/aromatic N) is 2. The third-order valence-corrected chi connectivity index (χ3v) is 3.85. The molecule has 1 heterocycles. The number of hydrogen-bond donors (Lipinski definition) is 0. The quantitative estimate of drug-likeness (QED) is 0.719. The molecule has 0 atom stereocenters. The molecule has 0 bridgehead atoms. The summed E-state index contributed by atoms with van der Waals surface area (Å²) in [7, 11) is 2.09. The van der Waals surface area contributed by atoms with Crippen LogP contribution in [0.2, 0.25) is 0 Å². The minimum atomic E-state index is 0.984. The first-order chi connectivity index (χ1) is 10.7. The molecular weight excluding hydrogens is 268 g/mol. The van der Waals surface area contributed by atoms with Gasteiger partial charge in [0.25, 0.3) is 0 Å². The SMILES string of the molecule is CCCN(CCC)c1ccc(/C=C/C2=CCN(C)C=C2)cc1. The molecule has 0 N–H and O–H groups in total. The lowest BCUT2D eigenvalue weighted by Crippen LogP contribution is -2.24. The monoisotopic (exact) mass is 296 g/mol. The van der Waals surface area contributed by atoms with Crippen molar-refractivity contribution in [3.63, 3.8) is 0 Å². The van der Waals surface area contributed by atoms with Crippen molar-refractivity contribution < 1.29 is 0 Å². The van der Waals surface area contributed by atoms with E-state index in [1.54, 1.807) is 0 Å². The van der Waals surface area contributed by atoms with E-state index < -0.39 is 0 Å². The van der Waals surface area contributed by atoms with Crippen molar-refractivity contribution in [2.24, 2.45) is 0 Å². The third kappa shape index (κ3) is 4.80. The van der Waals surface area contributed by atoms with E-state index in [1.807, 2.05) is 0 Å². The molecule has 2 nitrogen and oxygen atoms in total. The summed E-state index contributed by atoms with van der Waals surface area (Å²) < 4.78 is 0. The van der Waals surface area contributed by atoms with Gasteiger partial charge in [-0.15, -0.1) is 0 Å². The van der Waals surface area contributed by atoms with Crippen LogP contribution in [0.15, 0.2) is 54.3 Å². The summed E-state index contributed by atoms with van der Waals surface area (Å²) in [6.45, 7) is 7.73. The Balaban J connectivity index is 2.01. The summed E-state index contributed by atoms with van der Waals surface area (Å²) in [6, 6.07) is 8.90. The summed E-state index contributed by atoms with van der Waals surface area (Å²) in [6.07, 6.45) is 13.3. The van der Waals surface area contributed by atoms with Gasteiger partial charge in [0.05, 0.1) is 0 Å². The Bertz CT molecular complexity index is 531. The van der Waals surface area contributed by atoms with Gasteiger partial charge < -0.3 is 9.80 Å². The average molecular weight is 296 g/mol. The topological polar surface area (TPSA) is 6.48 Å². The van der Waals surface area contributed by atoms with Gasteiger partial charge in [0.2, 0.25) is 0 Å². The molecule has 22 heavy (non-hydrogen) atoms. The predicted molar refractivity (Wildman–Crippen MR) is 98.1 cm³/mol. The summed E-state index contributed by atoms with van der Waals surface area (Å²) >= 11 is 0. The highest BCUT2D eigenvalue weighted by Gasteiger charge is 2.03. The first kappa shape index (κ1) is 16.4. The Hall–Kier alpha value is -1.96. The average Bonchev–Trinajstić information content (AvgIpc) is 2.55. The minimum absolute atomic E-state index is 0.984. The molecule has 118 valence electrons. The second kappa shape index (κ2) is 8.47. The molecule has 0 spiro atoms. The zero-order valence-electron chi connectivity index (χ0n) is 14.1. The zero-order valence-corrected chi connectivity index (χ0v) is 14.1. The van der Waals surface area contributed by atoms with Crippen LogP contribution in [0.1, 0.15) is 32.3 Å². The third-order valence-electron chi connectivity index (χ3n) is 3.85. The molecule has 2 heteroatoms. The Morgan fingerprint density at radius 3 is 2.27 bits per heavy atom. The smallest absolute Gasteiger partial charge is 0.0366 e. The van der Waals surface area contributed by atoms with Crippen LogP contribution in [-0.4, -0.2) is 31.6 Å². The van der Waals surface area contributed by atoms with Gasteiger partial charge in [0.1, 0.15) is 0 Å². The molecule has 1 aromatic carbocycles. The Labute approximate surface area is 135 Å². The van der Waals surface area contributed by atoms with Gasteiger partial charge in [-0.05, 0) is 48.4 Å². The molecule has 2 rings (SSSR count). The van der Waals surface area contributed by atoms with E-state index in [2.05, 4.69) is 85.5 Å². The second-order valence-corrected chi connectivity index (χ2v) is 5.87. The maximum atomic E-state index is 2.47. The van der Waals surface area contributed by atoms with Crippen LogP contribution in [0.25, 0.3) is 6.08 Å². The van der Waals surface area contributed by atoms with Crippen LogP contribution < -0.4 is 4.90 Å². The van der Waals surface area contributed by atoms with E-state index >= 15 is 0 Å². The fourth-order valence-electron chi connectivity index (χ4n) is 2.61. The van der Waals surface area contributed by atoms with E-state index in [4.69, 9.17) is 0 Å². The number of allylic oxidation sites excluding steroid dienone is 3. The van der Waals surface area contributed by atoms with Gasteiger partial charge in [-0.1, -0.05) is 44.2 Å². The maximum absolute atomic E-state index is 2.47. The Kier molecular flexibility index (Phi) is 6.32. The Morgan fingerprint density at radius 2 is 1.73 bits per heavy atom. The van der Waals surface area contributed by atoms with Crippen LogP contribution in [0, 0.1) is 0 Å². The summed E-state index contributed by atoms with van der Waals surface area (Å²) in [4.78, 5) is 4.64. The number of hydrogen-bond acceptors (Lipinski definition) is 2. The summed E-state index contributed by atoms with van der Waals surface area (Å²) in [5, 5.41) is 0. The van der Waals surface area contributed by atoms with E-state index in [1.165, 1.54) is 29.7 Å². The van der Waals surface area contributed by atoms with Crippen molar-refractivity contribution in [2.75, 3.05) is 31.6 Å². The van der Waals surface area contributed by atoms with Crippen LogP contribution in [0.3, 0.4) is 0 Å². The van der Waals surface area contributed by atoms with Crippen LogP contribution in [0.4, 0.5) is 5.69 Å². The molecule has 0 aromatic heterocycles. The summed E-state index contributed by atoms with van der Waals surface area (Å²) in [5.74, 6) is 0. The largest absolute Gasteiger partial charge is 0.377 e. The van der Waals surface area contributed by atoms with Gasteiger partial charge in [-0.3, -0.25) is 0 Å².